The van der Waals surface area contributed by atoms with E-state index >= 15 is 0 Å². The molecule has 2 heterocycles. The van der Waals surface area contributed by atoms with Crippen LogP contribution in [0.15, 0.2) is 12.7 Å². The van der Waals surface area contributed by atoms with Crippen molar-refractivity contribution in [1.29, 1.82) is 0 Å². The zero-order valence-electron chi connectivity index (χ0n) is 14.1. The van der Waals surface area contributed by atoms with Crippen molar-refractivity contribution < 1.29 is 0 Å². The second-order valence-corrected chi connectivity index (χ2v) is 6.83. The number of nitrogens with one attached hydrogen (secondary N) is 2. The van der Waals surface area contributed by atoms with Crippen LogP contribution >= 0.6 is 48.3 Å². The smallest absolute Gasteiger partial charge is 0.0925 e. The van der Waals surface area contributed by atoms with Crippen LogP contribution in [0, 0.1) is 13.8 Å². The van der Waals surface area contributed by atoms with Gasteiger partial charge in [-0.2, -0.15) is 23.5 Å². The number of aromatic nitrogens is 4. The topological polar surface area (TPSA) is 109 Å². The second-order valence-electron chi connectivity index (χ2n) is 4.62. The molecule has 6 nitrogen and oxygen atoms in total. The Morgan fingerprint density at radius 1 is 0.833 bits per heavy atom. The Balaban J connectivity index is 0. The third-order valence-electron chi connectivity index (χ3n) is 2.88. The molecular formula is C14H28Cl2N6S2. The quantitative estimate of drug-likeness (QED) is 0.494. The molecule has 0 fully saturated rings. The lowest BCUT2D eigenvalue weighted by Crippen LogP contribution is -2.01. The summed E-state index contributed by atoms with van der Waals surface area (Å²) in [7, 11) is 0. The summed E-state index contributed by atoms with van der Waals surface area (Å²) in [6.07, 6.45) is 3.46. The largest absolute Gasteiger partial charge is 0.348 e. The number of hydrogen-bond acceptors (Lipinski definition) is 6. The Morgan fingerprint density at radius 3 is 1.46 bits per heavy atom. The van der Waals surface area contributed by atoms with Crippen molar-refractivity contribution in [3.63, 3.8) is 0 Å². The number of halogens is 2. The fraction of sp³-hybridized carbons (Fsp3) is 0.571. The van der Waals surface area contributed by atoms with Crippen LogP contribution in [0.25, 0.3) is 0 Å². The molecule has 0 aliphatic heterocycles. The molecule has 0 spiro atoms. The van der Waals surface area contributed by atoms with E-state index in [1.54, 1.807) is 12.7 Å². The fourth-order valence-corrected chi connectivity index (χ4v) is 3.20. The third-order valence-corrected chi connectivity index (χ3v) is 4.92. The third kappa shape index (κ3) is 10.5. The molecule has 0 radical (unpaired) electrons. The lowest BCUT2D eigenvalue weighted by atomic mass is 10.4. The van der Waals surface area contributed by atoms with Gasteiger partial charge in [-0.05, 0) is 13.8 Å². The molecule has 0 bridgehead atoms. The van der Waals surface area contributed by atoms with E-state index in [2.05, 4.69) is 19.9 Å². The summed E-state index contributed by atoms with van der Waals surface area (Å²) in [5, 5.41) is 0. The molecule has 0 aliphatic rings. The number of rotatable bonds is 8. The first kappa shape index (κ1) is 25.9. The molecule has 0 aliphatic carbocycles. The predicted molar refractivity (Wildman–Crippen MR) is 112 cm³/mol. The van der Waals surface area contributed by atoms with E-state index in [9.17, 15) is 0 Å². The molecule has 0 unspecified atom stereocenters. The average Bonchev–Trinajstić information content (AvgIpc) is 3.10. The molecule has 2 rings (SSSR count). The number of aryl methyl sites for hydroxylation is 2. The molecular weight excluding hydrogens is 387 g/mol. The minimum absolute atomic E-state index is 0. The van der Waals surface area contributed by atoms with Crippen molar-refractivity contribution in [2.24, 2.45) is 11.5 Å². The molecule has 0 aromatic carbocycles. The van der Waals surface area contributed by atoms with Gasteiger partial charge in [0, 0.05) is 47.5 Å². The molecule has 140 valence electrons. The Labute approximate surface area is 165 Å². The molecule has 0 amide bonds. The second kappa shape index (κ2) is 16.1. The van der Waals surface area contributed by atoms with Crippen LogP contribution in [0.5, 0.6) is 0 Å². The summed E-state index contributed by atoms with van der Waals surface area (Å²) in [6, 6.07) is 0. The van der Waals surface area contributed by atoms with Crippen LogP contribution < -0.4 is 11.5 Å². The van der Waals surface area contributed by atoms with E-state index < -0.39 is 0 Å². The minimum atomic E-state index is 0. The van der Waals surface area contributed by atoms with Crippen LogP contribution in [0.4, 0.5) is 0 Å². The summed E-state index contributed by atoms with van der Waals surface area (Å²) in [5.74, 6) is 4.00. The van der Waals surface area contributed by atoms with Gasteiger partial charge >= 0.3 is 0 Å². The molecule has 2 aromatic heterocycles. The van der Waals surface area contributed by atoms with E-state index in [0.29, 0.717) is 0 Å². The normalized spacial score (nSPS) is 9.50. The molecule has 10 heteroatoms. The van der Waals surface area contributed by atoms with Crippen molar-refractivity contribution in [3.8, 4) is 0 Å². The van der Waals surface area contributed by atoms with Crippen LogP contribution in [0.3, 0.4) is 0 Å². The maximum absolute atomic E-state index is 5.36. The highest BCUT2D eigenvalue weighted by Crippen LogP contribution is 2.11. The van der Waals surface area contributed by atoms with Crippen molar-refractivity contribution in [2.75, 3.05) is 24.6 Å². The fourth-order valence-electron chi connectivity index (χ4n) is 1.59. The zero-order chi connectivity index (χ0) is 16.2. The van der Waals surface area contributed by atoms with Crippen LogP contribution in [0.1, 0.15) is 22.8 Å². The van der Waals surface area contributed by atoms with Gasteiger partial charge in [0.05, 0.1) is 24.0 Å². The van der Waals surface area contributed by atoms with E-state index in [1.165, 1.54) is 11.4 Å². The van der Waals surface area contributed by atoms with Gasteiger partial charge in [-0.25, -0.2) is 9.97 Å². The van der Waals surface area contributed by atoms with Crippen LogP contribution in [-0.2, 0) is 11.5 Å². The monoisotopic (exact) mass is 414 g/mol. The van der Waals surface area contributed by atoms with Gasteiger partial charge in [-0.15, -0.1) is 24.8 Å². The van der Waals surface area contributed by atoms with Crippen LogP contribution in [0.2, 0.25) is 0 Å². The van der Waals surface area contributed by atoms with Gasteiger partial charge < -0.3 is 21.4 Å². The zero-order valence-corrected chi connectivity index (χ0v) is 17.3. The molecule has 0 saturated heterocycles. The highest BCUT2D eigenvalue weighted by atomic mass is 35.5. The standard InChI is InChI=1S/2C7H13N3S.2ClH/c2*1-6-7(10-5-9-6)4-11-3-2-8;;/h2*5H,2-4,8H2,1H3,(H,9,10);2*1H. The lowest BCUT2D eigenvalue weighted by Gasteiger charge is -1.97. The highest BCUT2D eigenvalue weighted by molar-refractivity contribution is 7.98. The molecule has 24 heavy (non-hydrogen) atoms. The van der Waals surface area contributed by atoms with Gasteiger partial charge in [0.1, 0.15) is 0 Å². The summed E-state index contributed by atoms with van der Waals surface area (Å²) in [6.45, 7) is 5.51. The van der Waals surface area contributed by atoms with E-state index in [1.807, 2.05) is 37.4 Å². The SMILES string of the molecule is Cc1nc[nH]c1CSCCN.Cc1nc[nH]c1CSCCN.Cl.Cl. The van der Waals surface area contributed by atoms with E-state index in [0.717, 1.165) is 47.5 Å². The number of nitrogens with zero attached hydrogens (tertiary/aromatic N) is 2. The molecule has 6 N–H and O–H groups in total. The maximum atomic E-state index is 5.36. The van der Waals surface area contributed by atoms with Gasteiger partial charge in [0.25, 0.3) is 0 Å². The number of hydrogen-bond donors (Lipinski definition) is 4. The van der Waals surface area contributed by atoms with Gasteiger partial charge in [0.2, 0.25) is 0 Å². The van der Waals surface area contributed by atoms with Gasteiger partial charge in [-0.3, -0.25) is 0 Å². The lowest BCUT2D eigenvalue weighted by molar-refractivity contribution is 1.14. The average molecular weight is 415 g/mol. The van der Waals surface area contributed by atoms with E-state index in [4.69, 9.17) is 11.5 Å². The highest BCUT2D eigenvalue weighted by Gasteiger charge is 1.99. The summed E-state index contributed by atoms with van der Waals surface area (Å²) in [5.41, 5.74) is 15.3. The summed E-state index contributed by atoms with van der Waals surface area (Å²) in [4.78, 5) is 14.4. The van der Waals surface area contributed by atoms with Crippen molar-refractivity contribution in [3.05, 3.63) is 35.4 Å². The number of aromatic amines is 2. The number of H-pyrrole nitrogens is 2. The van der Waals surface area contributed by atoms with Crippen molar-refractivity contribution in [2.45, 2.75) is 25.4 Å². The number of nitrogens with two attached hydrogens (primary N) is 2. The Hall–Kier alpha value is -0.380. The Bertz CT molecular complexity index is 475. The maximum Gasteiger partial charge on any atom is 0.0925 e. The first-order valence-corrected chi connectivity index (χ1v) is 9.53. The first-order valence-electron chi connectivity index (χ1n) is 7.22. The molecule has 0 atom stereocenters. The van der Waals surface area contributed by atoms with E-state index in [-0.39, 0.29) is 24.8 Å². The Kier molecular flexibility index (Phi) is 17.4. The number of imidazole rings is 2. The Morgan fingerprint density at radius 2 is 1.21 bits per heavy atom. The molecule has 2 aromatic rings. The molecule has 0 saturated carbocycles. The van der Waals surface area contributed by atoms with Crippen molar-refractivity contribution >= 4 is 48.3 Å². The van der Waals surface area contributed by atoms with Crippen molar-refractivity contribution in [1.82, 2.24) is 19.9 Å². The van der Waals surface area contributed by atoms with Crippen LogP contribution in [-0.4, -0.2) is 44.5 Å². The first-order chi connectivity index (χ1) is 10.7. The van der Waals surface area contributed by atoms with Gasteiger partial charge in [-0.1, -0.05) is 0 Å². The van der Waals surface area contributed by atoms with Gasteiger partial charge in [0.15, 0.2) is 0 Å². The predicted octanol–water partition coefficient (Wildman–Crippen LogP) is 2.66. The minimum Gasteiger partial charge on any atom is -0.348 e. The number of thioether (sulfide) groups is 2. The summed E-state index contributed by atoms with van der Waals surface area (Å²) >= 11 is 3.66. The summed E-state index contributed by atoms with van der Waals surface area (Å²) < 4.78 is 0.